The van der Waals surface area contributed by atoms with Crippen LogP contribution in [0.15, 0.2) is 24.3 Å². The van der Waals surface area contributed by atoms with Gasteiger partial charge in [-0.3, -0.25) is 9.59 Å². The van der Waals surface area contributed by atoms with Gasteiger partial charge in [0.25, 0.3) is 0 Å². The number of amides is 2. The largest absolute Gasteiger partial charge is 0.323 e. The van der Waals surface area contributed by atoms with E-state index in [1.54, 1.807) is 11.0 Å². The van der Waals surface area contributed by atoms with Crippen molar-refractivity contribution in [3.8, 4) is 0 Å². The van der Waals surface area contributed by atoms with Gasteiger partial charge in [0.15, 0.2) is 0 Å². The van der Waals surface area contributed by atoms with E-state index in [1.165, 1.54) is 0 Å². The molecule has 1 fully saturated rings. The molecule has 1 aromatic carbocycles. The smallest absolute Gasteiger partial charge is 0.239 e. The highest BCUT2D eigenvalue weighted by molar-refractivity contribution is 6.29. The van der Waals surface area contributed by atoms with Crippen LogP contribution < -0.4 is 10.2 Å². The molecule has 0 saturated carbocycles. The van der Waals surface area contributed by atoms with Gasteiger partial charge in [-0.15, -0.1) is 11.6 Å². The summed E-state index contributed by atoms with van der Waals surface area (Å²) in [6.45, 7) is 0.701. The van der Waals surface area contributed by atoms with Gasteiger partial charge >= 0.3 is 0 Å². The molecule has 4 nitrogen and oxygen atoms in total. The third-order valence-corrected chi connectivity index (χ3v) is 2.91. The molecule has 5 heteroatoms. The summed E-state index contributed by atoms with van der Waals surface area (Å²) in [5, 5.41) is 2.69. The SMILES string of the molecule is O=C(CCl)Nc1ccccc1N1CCCC1=O. The molecular weight excluding hydrogens is 240 g/mol. The van der Waals surface area contributed by atoms with E-state index in [4.69, 9.17) is 11.6 Å². The van der Waals surface area contributed by atoms with E-state index in [2.05, 4.69) is 5.32 Å². The number of halogens is 1. The minimum absolute atomic E-state index is 0.0950. The van der Waals surface area contributed by atoms with Gasteiger partial charge in [0.1, 0.15) is 5.88 Å². The van der Waals surface area contributed by atoms with Crippen molar-refractivity contribution < 1.29 is 9.59 Å². The second kappa shape index (κ2) is 5.19. The summed E-state index contributed by atoms with van der Waals surface area (Å²) in [5.74, 6) is -0.272. The molecule has 0 aliphatic carbocycles. The zero-order valence-electron chi connectivity index (χ0n) is 9.28. The number of alkyl halides is 1. The van der Waals surface area contributed by atoms with Crippen molar-refractivity contribution in [1.82, 2.24) is 0 Å². The highest BCUT2D eigenvalue weighted by Gasteiger charge is 2.23. The first-order valence-corrected chi connectivity index (χ1v) is 6.01. The summed E-state index contributed by atoms with van der Waals surface area (Å²) in [6.07, 6.45) is 1.43. The Morgan fingerprint density at radius 2 is 2.18 bits per heavy atom. The number of anilines is 2. The van der Waals surface area contributed by atoms with Crippen molar-refractivity contribution in [2.45, 2.75) is 12.8 Å². The summed E-state index contributed by atoms with van der Waals surface area (Å²) < 4.78 is 0. The predicted molar refractivity (Wildman–Crippen MR) is 67.4 cm³/mol. The summed E-state index contributed by atoms with van der Waals surface area (Å²) in [4.78, 5) is 24.7. The van der Waals surface area contributed by atoms with Crippen LogP contribution >= 0.6 is 11.6 Å². The normalized spacial score (nSPS) is 15.1. The van der Waals surface area contributed by atoms with Crippen LogP contribution in [0.3, 0.4) is 0 Å². The Morgan fingerprint density at radius 1 is 1.41 bits per heavy atom. The van der Waals surface area contributed by atoms with Gasteiger partial charge in [-0.2, -0.15) is 0 Å². The Labute approximate surface area is 105 Å². The molecule has 2 amide bonds. The Morgan fingerprint density at radius 3 is 2.82 bits per heavy atom. The number of benzene rings is 1. The first-order valence-electron chi connectivity index (χ1n) is 5.47. The first kappa shape index (κ1) is 11.9. The van der Waals surface area contributed by atoms with Crippen LogP contribution in [-0.2, 0) is 9.59 Å². The molecule has 1 N–H and O–H groups in total. The highest BCUT2D eigenvalue weighted by atomic mass is 35.5. The number of hydrogen-bond acceptors (Lipinski definition) is 2. The summed E-state index contributed by atoms with van der Waals surface area (Å²) in [6, 6.07) is 7.25. The fraction of sp³-hybridized carbons (Fsp3) is 0.333. The highest BCUT2D eigenvalue weighted by Crippen LogP contribution is 2.29. The van der Waals surface area contributed by atoms with Crippen LogP contribution in [0.1, 0.15) is 12.8 Å². The van der Waals surface area contributed by atoms with E-state index in [0.29, 0.717) is 18.7 Å². The van der Waals surface area contributed by atoms with Crippen molar-refractivity contribution in [2.75, 3.05) is 22.6 Å². The molecule has 0 aromatic heterocycles. The molecule has 1 aliphatic heterocycles. The van der Waals surface area contributed by atoms with Gasteiger partial charge in [0, 0.05) is 13.0 Å². The number of carbonyl (C=O) groups is 2. The second-order valence-corrected chi connectivity index (χ2v) is 4.12. The number of carbonyl (C=O) groups excluding carboxylic acids is 2. The molecule has 1 aliphatic rings. The number of para-hydroxylation sites is 2. The van der Waals surface area contributed by atoms with Crippen molar-refractivity contribution in [2.24, 2.45) is 0 Å². The standard InChI is InChI=1S/C12H13ClN2O2/c13-8-11(16)14-9-4-1-2-5-10(9)15-7-3-6-12(15)17/h1-2,4-5H,3,6-8H2,(H,14,16). The van der Waals surface area contributed by atoms with Gasteiger partial charge in [0.2, 0.25) is 11.8 Å². The quantitative estimate of drug-likeness (QED) is 0.837. The van der Waals surface area contributed by atoms with Crippen LogP contribution in [0.4, 0.5) is 11.4 Å². The zero-order valence-corrected chi connectivity index (χ0v) is 10.0. The monoisotopic (exact) mass is 252 g/mol. The summed E-state index contributed by atoms with van der Waals surface area (Å²) in [5.41, 5.74) is 1.38. The Hall–Kier alpha value is -1.55. The van der Waals surface area contributed by atoms with E-state index in [1.807, 2.05) is 18.2 Å². The predicted octanol–water partition coefficient (Wildman–Crippen LogP) is 1.99. The Kier molecular flexibility index (Phi) is 3.64. The van der Waals surface area contributed by atoms with Gasteiger partial charge in [-0.05, 0) is 18.6 Å². The van der Waals surface area contributed by atoms with Crippen LogP contribution in [0.25, 0.3) is 0 Å². The van der Waals surface area contributed by atoms with E-state index < -0.39 is 0 Å². The second-order valence-electron chi connectivity index (χ2n) is 3.85. The minimum atomic E-state index is -0.272. The average molecular weight is 253 g/mol. The van der Waals surface area contributed by atoms with Crippen molar-refractivity contribution >= 4 is 34.8 Å². The van der Waals surface area contributed by atoms with Gasteiger partial charge < -0.3 is 10.2 Å². The molecule has 1 saturated heterocycles. The fourth-order valence-corrected chi connectivity index (χ4v) is 1.97. The lowest BCUT2D eigenvalue weighted by molar-refractivity contribution is -0.117. The molecular formula is C12H13ClN2O2. The first-order chi connectivity index (χ1) is 8.22. The maximum Gasteiger partial charge on any atom is 0.239 e. The van der Waals surface area contributed by atoms with Crippen molar-refractivity contribution in [3.05, 3.63) is 24.3 Å². The summed E-state index contributed by atoms with van der Waals surface area (Å²) >= 11 is 5.45. The van der Waals surface area contributed by atoms with E-state index >= 15 is 0 Å². The molecule has 1 aromatic rings. The lowest BCUT2D eigenvalue weighted by Crippen LogP contribution is -2.25. The zero-order chi connectivity index (χ0) is 12.3. The topological polar surface area (TPSA) is 49.4 Å². The van der Waals surface area contributed by atoms with Gasteiger partial charge in [-0.1, -0.05) is 12.1 Å². The van der Waals surface area contributed by atoms with E-state index in [0.717, 1.165) is 12.1 Å². The summed E-state index contributed by atoms with van der Waals surface area (Å²) in [7, 11) is 0. The van der Waals surface area contributed by atoms with Crippen LogP contribution in [-0.4, -0.2) is 24.2 Å². The number of rotatable bonds is 3. The van der Waals surface area contributed by atoms with E-state index in [-0.39, 0.29) is 17.7 Å². The third kappa shape index (κ3) is 2.58. The van der Waals surface area contributed by atoms with Gasteiger partial charge in [-0.25, -0.2) is 0 Å². The lowest BCUT2D eigenvalue weighted by Gasteiger charge is -2.19. The van der Waals surface area contributed by atoms with Crippen LogP contribution in [0.2, 0.25) is 0 Å². The molecule has 0 unspecified atom stereocenters. The number of nitrogens with one attached hydrogen (secondary N) is 1. The van der Waals surface area contributed by atoms with E-state index in [9.17, 15) is 9.59 Å². The molecule has 90 valence electrons. The molecule has 2 rings (SSSR count). The maximum absolute atomic E-state index is 11.7. The number of nitrogens with zero attached hydrogens (tertiary/aromatic N) is 1. The average Bonchev–Trinajstić information content (AvgIpc) is 2.76. The molecule has 1 heterocycles. The van der Waals surface area contributed by atoms with Crippen molar-refractivity contribution in [1.29, 1.82) is 0 Å². The molecule has 0 radical (unpaired) electrons. The molecule has 17 heavy (non-hydrogen) atoms. The fourth-order valence-electron chi connectivity index (χ4n) is 1.90. The minimum Gasteiger partial charge on any atom is -0.323 e. The maximum atomic E-state index is 11.7. The lowest BCUT2D eigenvalue weighted by atomic mass is 10.2. The molecule has 0 bridgehead atoms. The molecule has 0 atom stereocenters. The Bertz CT molecular complexity index is 448. The van der Waals surface area contributed by atoms with Crippen molar-refractivity contribution in [3.63, 3.8) is 0 Å². The number of hydrogen-bond donors (Lipinski definition) is 1. The van der Waals surface area contributed by atoms with Crippen LogP contribution in [0.5, 0.6) is 0 Å². The van der Waals surface area contributed by atoms with Crippen LogP contribution in [0, 0.1) is 0 Å². The molecule has 0 spiro atoms. The van der Waals surface area contributed by atoms with Gasteiger partial charge in [0.05, 0.1) is 11.4 Å². The third-order valence-electron chi connectivity index (χ3n) is 2.66. The Balaban J connectivity index is 2.27.